The van der Waals surface area contributed by atoms with Crippen LogP contribution in [0.4, 0.5) is 33.3 Å². The van der Waals surface area contributed by atoms with Crippen LogP contribution in [0.3, 0.4) is 0 Å². The molecule has 0 spiro atoms. The number of nitrogens with zero attached hydrogens (tertiary/aromatic N) is 1. The maximum absolute atomic E-state index is 14.4. The number of fused-ring (bicyclic) bond motifs is 1. The molecule has 178 valence electrons. The molecule has 4 rings (SSSR count). The van der Waals surface area contributed by atoms with E-state index < -0.39 is 35.4 Å². The first-order valence-electron chi connectivity index (χ1n) is 10.3. The van der Waals surface area contributed by atoms with E-state index in [-0.39, 0.29) is 56.2 Å². The van der Waals surface area contributed by atoms with Crippen LogP contribution in [0, 0.1) is 17.5 Å². The van der Waals surface area contributed by atoms with Gasteiger partial charge in [0, 0.05) is 37.2 Å². The summed E-state index contributed by atoms with van der Waals surface area (Å²) < 4.78 is 77.2. The number of carbonyl (C=O) groups is 1. The average molecular weight is 472 g/mol. The van der Waals surface area contributed by atoms with E-state index in [0.29, 0.717) is 29.9 Å². The molecule has 2 aromatic carbocycles. The molecule has 1 saturated heterocycles. The van der Waals surface area contributed by atoms with Crippen molar-refractivity contribution in [1.29, 1.82) is 0 Å². The molecule has 11 heteroatoms. The molecule has 2 N–H and O–H groups in total. The summed E-state index contributed by atoms with van der Waals surface area (Å²) in [7, 11) is 0. The number of benzene rings is 2. The van der Waals surface area contributed by atoms with E-state index in [1.165, 1.54) is 17.0 Å². The summed E-state index contributed by atoms with van der Waals surface area (Å²) in [4.78, 5) is 12.9. The Morgan fingerprint density at radius 1 is 1.06 bits per heavy atom. The van der Waals surface area contributed by atoms with Crippen molar-refractivity contribution in [3.05, 3.63) is 47.3 Å². The Balaban J connectivity index is 1.41. The zero-order valence-electron chi connectivity index (χ0n) is 17.3. The quantitative estimate of drug-likeness (QED) is 0.622. The molecule has 33 heavy (non-hydrogen) atoms. The number of alkyl halides is 2. The largest absolute Gasteiger partial charge is 0.490 e. The summed E-state index contributed by atoms with van der Waals surface area (Å²) in [5, 5.41) is 13.4. The average Bonchev–Trinajstić information content (AvgIpc) is 2.74. The number of carbonyl (C=O) groups excluding carboxylic acids is 1. The number of piperidine rings is 1. The smallest absolute Gasteiger partial charge is 0.387 e. The van der Waals surface area contributed by atoms with Crippen molar-refractivity contribution in [2.45, 2.75) is 37.9 Å². The Bertz CT molecular complexity index is 1030. The van der Waals surface area contributed by atoms with E-state index in [1.54, 1.807) is 0 Å². The number of amides is 1. The fourth-order valence-corrected chi connectivity index (χ4v) is 4.08. The number of nitrogens with one attached hydrogen (secondary N) is 1. The lowest BCUT2D eigenvalue weighted by molar-refractivity contribution is -0.116. The normalized spacial score (nSPS) is 17.5. The number of rotatable bonds is 6. The van der Waals surface area contributed by atoms with Crippen molar-refractivity contribution >= 4 is 17.3 Å². The minimum absolute atomic E-state index is 0.0655. The van der Waals surface area contributed by atoms with Crippen molar-refractivity contribution in [3.8, 4) is 11.5 Å². The van der Waals surface area contributed by atoms with E-state index in [4.69, 9.17) is 4.74 Å². The van der Waals surface area contributed by atoms with Gasteiger partial charge in [-0.05, 0) is 31.4 Å². The van der Waals surface area contributed by atoms with Gasteiger partial charge in [-0.25, -0.2) is 13.2 Å². The van der Waals surface area contributed by atoms with Gasteiger partial charge in [0.1, 0.15) is 35.2 Å². The maximum Gasteiger partial charge on any atom is 0.387 e. The van der Waals surface area contributed by atoms with Gasteiger partial charge in [-0.15, -0.1) is 0 Å². The van der Waals surface area contributed by atoms with Crippen LogP contribution in [-0.4, -0.2) is 42.9 Å². The Kier molecular flexibility index (Phi) is 6.33. The SMILES string of the molecule is O=C1CCc2c(OCC3(O)CCN(c4c(F)cc(OC(F)F)cc4F)CC3)ccc(F)c2N1. The fraction of sp³-hybridized carbons (Fsp3) is 0.409. The Morgan fingerprint density at radius 3 is 2.36 bits per heavy atom. The molecule has 1 amide bonds. The third-order valence-electron chi connectivity index (χ3n) is 5.81. The van der Waals surface area contributed by atoms with Gasteiger partial charge in [-0.1, -0.05) is 0 Å². The standard InChI is InChI=1S/C22H21F5N2O4/c23-14-2-3-17(13-1-4-18(30)28-19(13)14)32-11-22(31)5-7-29(8-6-22)20-15(24)9-12(10-16(20)25)33-21(26)27/h2-3,9-10,21,31H,1,4-8,11H2,(H,28,30). The highest BCUT2D eigenvalue weighted by atomic mass is 19.3. The molecule has 2 aliphatic heterocycles. The summed E-state index contributed by atoms with van der Waals surface area (Å²) >= 11 is 0. The second-order valence-electron chi connectivity index (χ2n) is 8.06. The highest BCUT2D eigenvalue weighted by Crippen LogP contribution is 2.36. The number of anilines is 2. The predicted molar refractivity (Wildman–Crippen MR) is 108 cm³/mol. The zero-order valence-corrected chi connectivity index (χ0v) is 17.3. The summed E-state index contributed by atoms with van der Waals surface area (Å²) in [5.74, 6) is -3.25. The third-order valence-corrected chi connectivity index (χ3v) is 5.81. The van der Waals surface area contributed by atoms with E-state index in [1.807, 2.05) is 0 Å². The van der Waals surface area contributed by atoms with Crippen molar-refractivity contribution in [3.63, 3.8) is 0 Å². The lowest BCUT2D eigenvalue weighted by atomic mass is 9.92. The number of ether oxygens (including phenoxy) is 2. The van der Waals surface area contributed by atoms with E-state index in [9.17, 15) is 31.9 Å². The minimum atomic E-state index is -3.21. The van der Waals surface area contributed by atoms with Gasteiger partial charge in [0.25, 0.3) is 0 Å². The molecule has 0 bridgehead atoms. The molecule has 0 radical (unpaired) electrons. The number of aliphatic hydroxyl groups is 1. The topological polar surface area (TPSA) is 71.0 Å². The molecule has 6 nitrogen and oxygen atoms in total. The number of hydrogen-bond acceptors (Lipinski definition) is 5. The van der Waals surface area contributed by atoms with E-state index in [0.717, 1.165) is 0 Å². The summed E-state index contributed by atoms with van der Waals surface area (Å²) in [5.41, 5.74) is -1.12. The summed E-state index contributed by atoms with van der Waals surface area (Å²) in [6.07, 6.45) is 0.706. The van der Waals surface area contributed by atoms with Gasteiger partial charge in [-0.2, -0.15) is 8.78 Å². The molecular weight excluding hydrogens is 451 g/mol. The van der Waals surface area contributed by atoms with Gasteiger partial charge < -0.3 is 24.8 Å². The van der Waals surface area contributed by atoms with Crippen LogP contribution in [0.1, 0.15) is 24.8 Å². The first kappa shape index (κ1) is 23.1. The van der Waals surface area contributed by atoms with Crippen LogP contribution in [-0.2, 0) is 11.2 Å². The Hall–Kier alpha value is -3.08. The van der Waals surface area contributed by atoms with Gasteiger partial charge in [0.2, 0.25) is 5.91 Å². The first-order chi connectivity index (χ1) is 15.6. The first-order valence-corrected chi connectivity index (χ1v) is 10.3. The van der Waals surface area contributed by atoms with Gasteiger partial charge in [-0.3, -0.25) is 4.79 Å². The van der Waals surface area contributed by atoms with Crippen LogP contribution in [0.25, 0.3) is 0 Å². The molecule has 2 heterocycles. The molecule has 0 unspecified atom stereocenters. The predicted octanol–water partition coefficient (Wildman–Crippen LogP) is 4.00. The van der Waals surface area contributed by atoms with Crippen LogP contribution >= 0.6 is 0 Å². The number of hydrogen-bond donors (Lipinski definition) is 2. The van der Waals surface area contributed by atoms with E-state index >= 15 is 0 Å². The third kappa shape index (κ3) is 4.97. The zero-order chi connectivity index (χ0) is 23.8. The Morgan fingerprint density at radius 2 is 1.73 bits per heavy atom. The highest BCUT2D eigenvalue weighted by Gasteiger charge is 2.35. The molecular formula is C22H21F5N2O4. The van der Waals surface area contributed by atoms with Crippen molar-refractivity contribution in [1.82, 2.24) is 0 Å². The second-order valence-corrected chi connectivity index (χ2v) is 8.06. The lowest BCUT2D eigenvalue weighted by Crippen LogP contribution is -2.48. The molecule has 0 aliphatic carbocycles. The second kappa shape index (κ2) is 9.05. The molecule has 2 aromatic rings. The van der Waals surface area contributed by atoms with Crippen molar-refractivity contribution in [2.24, 2.45) is 0 Å². The maximum atomic E-state index is 14.4. The van der Waals surface area contributed by atoms with E-state index in [2.05, 4.69) is 10.1 Å². The van der Waals surface area contributed by atoms with Crippen LogP contribution in [0.15, 0.2) is 24.3 Å². The highest BCUT2D eigenvalue weighted by molar-refractivity contribution is 5.94. The van der Waals surface area contributed by atoms with Gasteiger partial charge >= 0.3 is 6.61 Å². The number of halogens is 5. The fourth-order valence-electron chi connectivity index (χ4n) is 4.08. The van der Waals surface area contributed by atoms with Crippen molar-refractivity contribution in [2.75, 3.05) is 29.9 Å². The van der Waals surface area contributed by atoms with Crippen LogP contribution in [0.2, 0.25) is 0 Å². The van der Waals surface area contributed by atoms with Gasteiger partial charge in [0.15, 0.2) is 11.6 Å². The molecule has 0 aromatic heterocycles. The van der Waals surface area contributed by atoms with Gasteiger partial charge in [0.05, 0.1) is 5.69 Å². The summed E-state index contributed by atoms with van der Waals surface area (Å²) in [6.45, 7) is -3.18. The molecule has 1 fully saturated rings. The van der Waals surface area contributed by atoms with Crippen LogP contribution < -0.4 is 19.7 Å². The molecule has 0 saturated carbocycles. The monoisotopic (exact) mass is 472 g/mol. The van der Waals surface area contributed by atoms with Crippen molar-refractivity contribution < 1.29 is 41.3 Å². The minimum Gasteiger partial charge on any atom is -0.490 e. The molecule has 2 aliphatic rings. The summed E-state index contributed by atoms with van der Waals surface area (Å²) in [6, 6.07) is 3.97. The lowest BCUT2D eigenvalue weighted by Gasteiger charge is -2.39. The van der Waals surface area contributed by atoms with Crippen LogP contribution in [0.5, 0.6) is 11.5 Å². The Labute approximate surface area is 185 Å². The molecule has 0 atom stereocenters.